The van der Waals surface area contributed by atoms with Crippen molar-refractivity contribution in [3.63, 3.8) is 0 Å². The van der Waals surface area contributed by atoms with Gasteiger partial charge in [0.05, 0.1) is 27.4 Å². The van der Waals surface area contributed by atoms with E-state index in [1.54, 1.807) is 27.2 Å². The molecule has 0 aliphatic carbocycles. The van der Waals surface area contributed by atoms with Crippen molar-refractivity contribution in [3.05, 3.63) is 146 Å². The van der Waals surface area contributed by atoms with E-state index < -0.39 is 40.8 Å². The van der Waals surface area contributed by atoms with Crippen molar-refractivity contribution < 1.29 is 24.1 Å². The minimum atomic E-state index is -1.37. The summed E-state index contributed by atoms with van der Waals surface area (Å²) in [4.78, 5) is 38.1. The number of ether oxygens (including phenoxy) is 4. The number of anilines is 1. The Labute approximate surface area is 286 Å². The summed E-state index contributed by atoms with van der Waals surface area (Å²) in [6, 6.07) is 25.9. The summed E-state index contributed by atoms with van der Waals surface area (Å²) in [6.07, 6.45) is 0.775. The maximum absolute atomic E-state index is 13.2. The molecule has 5 aromatic rings. The molecule has 2 bridgehead atoms. The monoisotopic (exact) mass is 683 g/mol. The first-order chi connectivity index (χ1) is 23.7. The third kappa shape index (κ3) is 5.56. The van der Waals surface area contributed by atoms with E-state index in [-0.39, 0.29) is 18.4 Å². The fourth-order valence-corrected chi connectivity index (χ4v) is 7.02. The Kier molecular flexibility index (Phi) is 8.49. The Morgan fingerprint density at radius 3 is 2.16 bits per heavy atom. The summed E-state index contributed by atoms with van der Waals surface area (Å²) in [5, 5.41) is 12.2. The van der Waals surface area contributed by atoms with Crippen LogP contribution in [0.4, 0.5) is 5.82 Å². The summed E-state index contributed by atoms with van der Waals surface area (Å²) in [5.74, 6) is 1.79. The third-order valence-corrected chi connectivity index (χ3v) is 9.52. The summed E-state index contributed by atoms with van der Waals surface area (Å²) in [7, 11) is 3.21. The van der Waals surface area contributed by atoms with E-state index in [9.17, 15) is 14.7 Å². The second-order valence-electron chi connectivity index (χ2n) is 12.1. The fourth-order valence-electron chi connectivity index (χ4n) is 6.88. The van der Waals surface area contributed by atoms with Crippen LogP contribution in [-0.4, -0.2) is 69.7 Å². The molecule has 4 heterocycles. The molecule has 4 atom stereocenters. The van der Waals surface area contributed by atoms with Crippen LogP contribution in [0.5, 0.6) is 11.5 Å². The number of nitrogens with one attached hydrogen (secondary N) is 1. The van der Waals surface area contributed by atoms with Crippen molar-refractivity contribution in [1.82, 2.24) is 19.5 Å². The first-order valence-electron chi connectivity index (χ1n) is 15.6. The lowest BCUT2D eigenvalue weighted by Gasteiger charge is -2.41. The van der Waals surface area contributed by atoms with Crippen molar-refractivity contribution in [1.29, 1.82) is 0 Å². The van der Waals surface area contributed by atoms with Crippen LogP contribution in [0.25, 0.3) is 0 Å². The summed E-state index contributed by atoms with van der Waals surface area (Å²) in [5.41, 5.74) is -1.02. The van der Waals surface area contributed by atoms with Gasteiger partial charge in [0.1, 0.15) is 40.7 Å². The molecule has 0 amide bonds. The van der Waals surface area contributed by atoms with E-state index in [2.05, 4.69) is 15.0 Å². The molecule has 2 saturated heterocycles. The fraction of sp³-hybridized carbons (Fsp3) is 0.278. The number of aryl methyl sites for hydroxylation is 1. The van der Waals surface area contributed by atoms with E-state index in [4.69, 9.17) is 30.5 Å². The van der Waals surface area contributed by atoms with Crippen LogP contribution in [-0.2, 0) is 15.1 Å². The lowest BCUT2D eigenvalue weighted by Crippen LogP contribution is -2.52. The van der Waals surface area contributed by atoms with Gasteiger partial charge < -0.3 is 29.0 Å². The first-order valence-corrected chi connectivity index (χ1v) is 16.0. The molecule has 7 rings (SSSR count). The molecule has 252 valence electrons. The number of aliphatic hydroxyl groups is 1. The van der Waals surface area contributed by atoms with Crippen molar-refractivity contribution in [2.24, 2.45) is 0 Å². The van der Waals surface area contributed by atoms with E-state index in [0.717, 1.165) is 16.7 Å². The summed E-state index contributed by atoms with van der Waals surface area (Å²) >= 11 is 6.20. The van der Waals surface area contributed by atoms with Crippen LogP contribution in [0.2, 0.25) is 5.28 Å². The van der Waals surface area contributed by atoms with E-state index in [1.807, 2.05) is 83.8 Å². The maximum atomic E-state index is 13.2. The number of rotatable bonds is 10. The summed E-state index contributed by atoms with van der Waals surface area (Å²) < 4.78 is 26.1. The molecular formula is C36H34ClN5O7. The number of hydrogen-bond donors (Lipinski definition) is 2. The number of aliphatic hydroxyl groups excluding tert-OH is 1. The molecule has 2 N–H and O–H groups in total. The normalized spacial score (nSPS) is 21.6. The number of nitrogens with zero attached hydrogens (tertiary/aromatic N) is 4. The Balaban J connectivity index is 1.37. The second kappa shape index (κ2) is 12.8. The molecule has 2 aliphatic heterocycles. The van der Waals surface area contributed by atoms with E-state index in [1.165, 1.54) is 17.0 Å². The average Bonchev–Trinajstić information content (AvgIpc) is 3.57. The number of methoxy groups -OCH3 is 2. The minimum absolute atomic E-state index is 0.0247. The number of morpholine rings is 1. The van der Waals surface area contributed by atoms with Crippen LogP contribution in [0.3, 0.4) is 0 Å². The zero-order chi connectivity index (χ0) is 34.3. The average molecular weight is 684 g/mol. The lowest BCUT2D eigenvalue weighted by atomic mass is 9.79. The maximum Gasteiger partial charge on any atom is 0.330 e. The van der Waals surface area contributed by atoms with Gasteiger partial charge in [-0.15, -0.1) is 0 Å². The van der Waals surface area contributed by atoms with Crippen LogP contribution in [0.1, 0.15) is 28.5 Å². The minimum Gasteiger partial charge on any atom is -0.497 e. The zero-order valence-electron chi connectivity index (χ0n) is 26.9. The van der Waals surface area contributed by atoms with Gasteiger partial charge in [-0.25, -0.2) is 14.8 Å². The molecule has 0 spiro atoms. The van der Waals surface area contributed by atoms with Gasteiger partial charge in [-0.05, 0) is 65.5 Å². The molecule has 0 radical (unpaired) electrons. The molecule has 2 aromatic heterocycles. The standard InChI is InChI=1S/C36H34ClN5O7/c1-22-19-41(34(45)40-31(22)44)32-29-30(43)35(49-32,20-42(29)28-17-18-38-33(37)39-28)21-48-36(23-7-5-4-6-8-23,24-9-13-26(46-2)14-10-24)25-11-15-27(47-3)16-12-25/h4-19,29-30,32,43H,20-21H2,1-3H3,(H,40,44,45)/t29-,30+,32-,35-/m1/s1. The molecule has 0 saturated carbocycles. The van der Waals surface area contributed by atoms with Crippen LogP contribution in [0, 0.1) is 6.92 Å². The molecule has 2 aliphatic rings. The van der Waals surface area contributed by atoms with E-state index >= 15 is 0 Å². The number of aromatic nitrogens is 4. The molecule has 49 heavy (non-hydrogen) atoms. The highest BCUT2D eigenvalue weighted by atomic mass is 35.5. The first kappa shape index (κ1) is 32.5. The molecule has 3 aromatic carbocycles. The number of aromatic amines is 1. The zero-order valence-corrected chi connectivity index (χ0v) is 27.7. The van der Waals surface area contributed by atoms with Gasteiger partial charge >= 0.3 is 5.69 Å². The number of H-pyrrole nitrogens is 1. The SMILES string of the molecule is COc1ccc(C(OC[C@@]23CN(c4ccnc(Cl)n4)[C@@H]([C@H](n4cc(C)c(=O)[nH]c4=O)O2)[C@@H]3O)(c2ccccc2)c2ccc(OC)cc2)cc1. The predicted molar refractivity (Wildman–Crippen MR) is 181 cm³/mol. The van der Waals surface area contributed by atoms with Gasteiger partial charge in [-0.3, -0.25) is 14.3 Å². The van der Waals surface area contributed by atoms with Gasteiger partial charge in [-0.1, -0.05) is 54.6 Å². The smallest absolute Gasteiger partial charge is 0.330 e. The predicted octanol–water partition coefficient (Wildman–Crippen LogP) is 3.83. The van der Waals surface area contributed by atoms with Crippen LogP contribution < -0.4 is 25.6 Å². The highest BCUT2D eigenvalue weighted by molar-refractivity contribution is 6.28. The van der Waals surface area contributed by atoms with Gasteiger partial charge in [-0.2, -0.15) is 0 Å². The molecule has 12 nitrogen and oxygen atoms in total. The van der Waals surface area contributed by atoms with Gasteiger partial charge in [0.2, 0.25) is 5.28 Å². The second-order valence-corrected chi connectivity index (χ2v) is 12.4. The Morgan fingerprint density at radius 1 is 0.959 bits per heavy atom. The molecule has 2 fully saturated rings. The third-order valence-electron chi connectivity index (χ3n) is 9.34. The number of hydrogen-bond acceptors (Lipinski definition) is 10. The molecular weight excluding hydrogens is 650 g/mol. The van der Waals surface area contributed by atoms with Crippen molar-refractivity contribution >= 4 is 17.4 Å². The number of halogens is 1. The Morgan fingerprint density at radius 2 is 1.57 bits per heavy atom. The quantitative estimate of drug-likeness (QED) is 0.165. The lowest BCUT2D eigenvalue weighted by molar-refractivity contribution is -0.159. The highest BCUT2D eigenvalue weighted by Crippen LogP contribution is 2.50. The highest BCUT2D eigenvalue weighted by Gasteiger charge is 2.65. The Bertz CT molecular complexity index is 2030. The van der Waals surface area contributed by atoms with Crippen LogP contribution >= 0.6 is 11.6 Å². The van der Waals surface area contributed by atoms with Crippen molar-refractivity contribution in [3.8, 4) is 11.5 Å². The largest absolute Gasteiger partial charge is 0.497 e. The van der Waals surface area contributed by atoms with Gasteiger partial charge in [0.25, 0.3) is 5.56 Å². The number of benzene rings is 3. The number of fused-ring (bicyclic) bond motifs is 2. The van der Waals surface area contributed by atoms with Crippen molar-refractivity contribution in [2.45, 2.75) is 36.5 Å². The molecule has 0 unspecified atom stereocenters. The molecule has 13 heteroatoms. The van der Waals surface area contributed by atoms with E-state index in [0.29, 0.717) is 22.9 Å². The van der Waals surface area contributed by atoms with Crippen molar-refractivity contribution in [2.75, 3.05) is 32.3 Å². The Hall–Kier alpha value is -5.01. The van der Waals surface area contributed by atoms with Gasteiger partial charge in [0.15, 0.2) is 6.23 Å². The topological polar surface area (TPSA) is 141 Å². The van der Waals surface area contributed by atoms with Crippen LogP contribution in [0.15, 0.2) is 107 Å². The van der Waals surface area contributed by atoms with Gasteiger partial charge in [0, 0.05) is 18.0 Å². The summed E-state index contributed by atoms with van der Waals surface area (Å²) in [6.45, 7) is 1.62.